The summed E-state index contributed by atoms with van der Waals surface area (Å²) in [6.07, 6.45) is 0.955. The van der Waals surface area contributed by atoms with Crippen molar-refractivity contribution in [2.75, 3.05) is 19.0 Å². The lowest BCUT2D eigenvalue weighted by atomic mass is 10.2. The third-order valence-corrected chi connectivity index (χ3v) is 4.42. The molecule has 1 aliphatic heterocycles. The first-order valence-corrected chi connectivity index (χ1v) is 8.44. The van der Waals surface area contributed by atoms with Gasteiger partial charge in [-0.25, -0.2) is 0 Å². The monoisotopic (exact) mass is 355 g/mol. The SMILES string of the molecule is CCCN=C1NC(=O)[C@@H](CC(=O)Nc2cc(Cl)ccc2OC)S1. The van der Waals surface area contributed by atoms with Crippen molar-refractivity contribution in [2.45, 2.75) is 25.0 Å². The lowest BCUT2D eigenvalue weighted by Gasteiger charge is -2.11. The number of carbonyl (C=O) groups is 2. The maximum atomic E-state index is 12.2. The van der Waals surface area contributed by atoms with E-state index in [9.17, 15) is 9.59 Å². The maximum absolute atomic E-state index is 12.2. The van der Waals surface area contributed by atoms with E-state index in [4.69, 9.17) is 16.3 Å². The van der Waals surface area contributed by atoms with Gasteiger partial charge in [0, 0.05) is 18.0 Å². The van der Waals surface area contributed by atoms with Crippen molar-refractivity contribution in [1.82, 2.24) is 5.32 Å². The normalized spacial score (nSPS) is 18.8. The van der Waals surface area contributed by atoms with Crippen LogP contribution in [0.1, 0.15) is 19.8 Å². The molecule has 0 saturated carbocycles. The van der Waals surface area contributed by atoms with Crippen LogP contribution in [-0.4, -0.2) is 35.9 Å². The number of nitrogens with one attached hydrogen (secondary N) is 2. The molecule has 124 valence electrons. The number of carbonyl (C=O) groups excluding carboxylic acids is 2. The van der Waals surface area contributed by atoms with Crippen LogP contribution in [0.2, 0.25) is 5.02 Å². The van der Waals surface area contributed by atoms with Gasteiger partial charge in [-0.1, -0.05) is 30.3 Å². The van der Waals surface area contributed by atoms with E-state index in [1.54, 1.807) is 18.2 Å². The Kier molecular flexibility index (Phi) is 6.29. The van der Waals surface area contributed by atoms with Gasteiger partial charge in [-0.15, -0.1) is 0 Å². The van der Waals surface area contributed by atoms with Gasteiger partial charge < -0.3 is 15.4 Å². The highest BCUT2D eigenvalue weighted by atomic mass is 35.5. The molecule has 0 radical (unpaired) electrons. The van der Waals surface area contributed by atoms with Crippen molar-refractivity contribution in [3.05, 3.63) is 23.2 Å². The molecule has 1 heterocycles. The van der Waals surface area contributed by atoms with Gasteiger partial charge >= 0.3 is 0 Å². The molecule has 1 aliphatic rings. The maximum Gasteiger partial charge on any atom is 0.240 e. The summed E-state index contributed by atoms with van der Waals surface area (Å²) >= 11 is 7.21. The minimum Gasteiger partial charge on any atom is -0.495 e. The Morgan fingerprint density at radius 2 is 2.30 bits per heavy atom. The van der Waals surface area contributed by atoms with Crippen LogP contribution in [-0.2, 0) is 9.59 Å². The van der Waals surface area contributed by atoms with Crippen molar-refractivity contribution in [3.63, 3.8) is 0 Å². The minimum absolute atomic E-state index is 0.0529. The van der Waals surface area contributed by atoms with Gasteiger partial charge in [-0.2, -0.15) is 0 Å². The topological polar surface area (TPSA) is 79.8 Å². The Morgan fingerprint density at radius 3 is 3.00 bits per heavy atom. The number of halogens is 1. The number of hydrogen-bond acceptors (Lipinski definition) is 5. The van der Waals surface area contributed by atoms with Crippen LogP contribution in [0.4, 0.5) is 5.69 Å². The van der Waals surface area contributed by atoms with Gasteiger partial charge in [0.2, 0.25) is 11.8 Å². The molecule has 2 N–H and O–H groups in total. The van der Waals surface area contributed by atoms with Crippen molar-refractivity contribution in [3.8, 4) is 5.75 Å². The second-order valence-electron chi connectivity index (χ2n) is 4.88. The molecule has 0 aromatic heterocycles. The van der Waals surface area contributed by atoms with Crippen LogP contribution < -0.4 is 15.4 Å². The molecule has 23 heavy (non-hydrogen) atoms. The third-order valence-electron chi connectivity index (χ3n) is 3.06. The van der Waals surface area contributed by atoms with Crippen LogP contribution in [0.3, 0.4) is 0 Å². The van der Waals surface area contributed by atoms with E-state index in [0.29, 0.717) is 28.2 Å². The zero-order valence-electron chi connectivity index (χ0n) is 12.9. The van der Waals surface area contributed by atoms with E-state index in [2.05, 4.69) is 15.6 Å². The average molecular weight is 356 g/mol. The number of ether oxygens (including phenoxy) is 1. The van der Waals surface area contributed by atoms with E-state index in [-0.39, 0.29) is 18.2 Å². The lowest BCUT2D eigenvalue weighted by molar-refractivity contribution is -0.122. The van der Waals surface area contributed by atoms with Gasteiger partial charge in [0.25, 0.3) is 0 Å². The smallest absolute Gasteiger partial charge is 0.240 e. The standard InChI is InChI=1S/C15H18ClN3O3S/c1-3-6-17-15-19-14(21)12(23-15)8-13(20)18-10-7-9(16)4-5-11(10)22-2/h4-5,7,12H,3,6,8H2,1-2H3,(H,18,20)(H,17,19,21)/t12-/m1/s1. The summed E-state index contributed by atoms with van der Waals surface area (Å²) in [6, 6.07) is 4.95. The summed E-state index contributed by atoms with van der Waals surface area (Å²) in [5.74, 6) is 0.0319. The van der Waals surface area contributed by atoms with Crippen molar-refractivity contribution in [1.29, 1.82) is 0 Å². The Morgan fingerprint density at radius 1 is 1.52 bits per heavy atom. The number of aliphatic imine (C=N–C) groups is 1. The number of nitrogens with zero attached hydrogens (tertiary/aromatic N) is 1. The first kappa shape index (κ1) is 17.6. The van der Waals surface area contributed by atoms with Gasteiger partial charge in [-0.05, 0) is 24.6 Å². The summed E-state index contributed by atoms with van der Waals surface area (Å²) in [6.45, 7) is 2.66. The van der Waals surface area contributed by atoms with E-state index in [0.717, 1.165) is 6.42 Å². The highest BCUT2D eigenvalue weighted by Crippen LogP contribution is 2.29. The predicted octanol–water partition coefficient (Wildman–Crippen LogP) is 2.67. The molecule has 1 fully saturated rings. The van der Waals surface area contributed by atoms with Crippen molar-refractivity contribution in [2.24, 2.45) is 4.99 Å². The van der Waals surface area contributed by atoms with Crippen LogP contribution in [0.15, 0.2) is 23.2 Å². The number of thioether (sulfide) groups is 1. The zero-order chi connectivity index (χ0) is 16.8. The van der Waals surface area contributed by atoms with Crippen LogP contribution in [0.5, 0.6) is 5.75 Å². The van der Waals surface area contributed by atoms with Crippen molar-refractivity contribution < 1.29 is 14.3 Å². The van der Waals surface area contributed by atoms with Crippen molar-refractivity contribution >= 4 is 46.0 Å². The second-order valence-corrected chi connectivity index (χ2v) is 6.51. The average Bonchev–Trinajstić information content (AvgIpc) is 2.85. The molecule has 0 bridgehead atoms. The fourth-order valence-electron chi connectivity index (χ4n) is 1.98. The molecule has 8 heteroatoms. The summed E-state index contributed by atoms with van der Waals surface area (Å²) in [4.78, 5) is 28.3. The van der Waals surface area contributed by atoms with E-state index >= 15 is 0 Å². The van der Waals surface area contributed by atoms with E-state index < -0.39 is 5.25 Å². The van der Waals surface area contributed by atoms with E-state index in [1.807, 2.05) is 6.92 Å². The summed E-state index contributed by atoms with van der Waals surface area (Å²) in [7, 11) is 1.51. The number of rotatable bonds is 6. The van der Waals surface area contributed by atoms with Crippen LogP contribution in [0, 0.1) is 0 Å². The first-order chi connectivity index (χ1) is 11.0. The molecule has 0 spiro atoms. The highest BCUT2D eigenvalue weighted by Gasteiger charge is 2.32. The highest BCUT2D eigenvalue weighted by molar-refractivity contribution is 8.15. The number of hydrogen-bond donors (Lipinski definition) is 2. The van der Waals surface area contributed by atoms with Gasteiger partial charge in [0.15, 0.2) is 5.17 Å². The van der Waals surface area contributed by atoms with Crippen LogP contribution in [0.25, 0.3) is 0 Å². The molecule has 0 unspecified atom stereocenters. The molecule has 1 aromatic carbocycles. The van der Waals surface area contributed by atoms with Gasteiger partial charge in [0.05, 0.1) is 12.8 Å². The van der Waals surface area contributed by atoms with Crippen LogP contribution >= 0.6 is 23.4 Å². The summed E-state index contributed by atoms with van der Waals surface area (Å²) in [5.41, 5.74) is 0.480. The molecule has 1 saturated heterocycles. The number of amidine groups is 1. The molecule has 1 aromatic rings. The molecule has 2 amide bonds. The molecular formula is C15H18ClN3O3S. The zero-order valence-corrected chi connectivity index (χ0v) is 14.5. The van der Waals surface area contributed by atoms with Gasteiger partial charge in [-0.3, -0.25) is 14.6 Å². The summed E-state index contributed by atoms with van der Waals surface area (Å²) in [5, 5.41) is 6.01. The largest absolute Gasteiger partial charge is 0.495 e. The van der Waals surface area contributed by atoms with Gasteiger partial charge in [0.1, 0.15) is 11.0 Å². The van der Waals surface area contributed by atoms with E-state index in [1.165, 1.54) is 18.9 Å². The fraction of sp³-hybridized carbons (Fsp3) is 0.400. The second kappa shape index (κ2) is 8.21. The fourth-order valence-corrected chi connectivity index (χ4v) is 3.14. The third kappa shape index (κ3) is 4.87. The molecule has 1 atom stereocenters. The first-order valence-electron chi connectivity index (χ1n) is 7.18. The number of methoxy groups -OCH3 is 1. The number of benzene rings is 1. The summed E-state index contributed by atoms with van der Waals surface area (Å²) < 4.78 is 5.18. The molecule has 2 rings (SSSR count). The molecule has 6 nitrogen and oxygen atoms in total. The quantitative estimate of drug-likeness (QED) is 0.822. The predicted molar refractivity (Wildman–Crippen MR) is 93.4 cm³/mol. The molecule has 0 aliphatic carbocycles. The number of anilines is 1. The minimum atomic E-state index is -0.476. The Balaban J connectivity index is 1.98. The Hall–Kier alpha value is -1.73. The Bertz CT molecular complexity index is 636. The lowest BCUT2D eigenvalue weighted by Crippen LogP contribution is -2.28. The Labute approximate surface area is 144 Å². The molecular weight excluding hydrogens is 338 g/mol. The number of amides is 2.